The van der Waals surface area contributed by atoms with Gasteiger partial charge >= 0.3 is 0 Å². The summed E-state index contributed by atoms with van der Waals surface area (Å²) in [5.74, 6) is 2.14. The predicted octanol–water partition coefficient (Wildman–Crippen LogP) is 3.11. The van der Waals surface area contributed by atoms with Gasteiger partial charge in [0.1, 0.15) is 5.82 Å². The standard InChI is InChI=1S/C12H21N3S2/c1-2-11-14-12(17-15-11)16-9-5-8-13-10-6-3-4-7-10/h10,13H,2-9H2,1H3. The van der Waals surface area contributed by atoms with Crippen LogP contribution < -0.4 is 5.32 Å². The Bertz CT molecular complexity index is 321. The van der Waals surface area contributed by atoms with Gasteiger partial charge in [0.25, 0.3) is 0 Å². The Morgan fingerprint density at radius 1 is 1.41 bits per heavy atom. The Kier molecular flexibility index (Phi) is 5.74. The van der Waals surface area contributed by atoms with Crippen molar-refractivity contribution in [1.29, 1.82) is 0 Å². The van der Waals surface area contributed by atoms with E-state index >= 15 is 0 Å². The lowest BCUT2D eigenvalue weighted by Crippen LogP contribution is -2.27. The molecule has 0 unspecified atom stereocenters. The van der Waals surface area contributed by atoms with Gasteiger partial charge in [0.15, 0.2) is 4.34 Å². The van der Waals surface area contributed by atoms with E-state index in [0.717, 1.165) is 34.9 Å². The molecule has 1 heterocycles. The molecule has 0 spiro atoms. The van der Waals surface area contributed by atoms with Crippen LogP contribution in [-0.2, 0) is 6.42 Å². The summed E-state index contributed by atoms with van der Waals surface area (Å²) in [4.78, 5) is 4.45. The molecule has 0 amide bonds. The fourth-order valence-electron chi connectivity index (χ4n) is 2.11. The molecule has 0 atom stereocenters. The lowest BCUT2D eigenvalue weighted by atomic mass is 10.2. The number of nitrogens with zero attached hydrogens (tertiary/aromatic N) is 2. The van der Waals surface area contributed by atoms with E-state index in [1.54, 1.807) is 0 Å². The summed E-state index contributed by atoms with van der Waals surface area (Å²) in [5.41, 5.74) is 0. The number of aromatic nitrogens is 2. The van der Waals surface area contributed by atoms with Crippen LogP contribution in [0, 0.1) is 0 Å². The topological polar surface area (TPSA) is 37.8 Å². The van der Waals surface area contributed by atoms with E-state index in [1.807, 2.05) is 11.8 Å². The van der Waals surface area contributed by atoms with Gasteiger partial charge in [0.05, 0.1) is 0 Å². The first-order chi connectivity index (χ1) is 8.38. The van der Waals surface area contributed by atoms with E-state index in [9.17, 15) is 0 Å². The molecule has 1 aromatic heterocycles. The second-order valence-corrected chi connectivity index (χ2v) is 6.56. The number of rotatable bonds is 7. The van der Waals surface area contributed by atoms with Gasteiger partial charge in [-0.1, -0.05) is 31.5 Å². The number of thioether (sulfide) groups is 1. The summed E-state index contributed by atoms with van der Waals surface area (Å²) in [6.45, 7) is 3.25. The number of nitrogens with one attached hydrogen (secondary N) is 1. The van der Waals surface area contributed by atoms with Gasteiger partial charge in [0.2, 0.25) is 0 Å². The van der Waals surface area contributed by atoms with Crippen molar-refractivity contribution in [3.8, 4) is 0 Å². The molecule has 1 aromatic rings. The Hall–Kier alpha value is -0.130. The average molecular weight is 271 g/mol. The average Bonchev–Trinajstić information content (AvgIpc) is 2.99. The first kappa shape index (κ1) is 13.3. The fourth-order valence-corrected chi connectivity index (χ4v) is 3.81. The van der Waals surface area contributed by atoms with Crippen molar-refractivity contribution in [2.45, 2.75) is 55.8 Å². The summed E-state index contributed by atoms with van der Waals surface area (Å²) in [6, 6.07) is 0.799. The highest BCUT2D eigenvalue weighted by atomic mass is 32.2. The zero-order valence-corrected chi connectivity index (χ0v) is 12.1. The highest BCUT2D eigenvalue weighted by molar-refractivity contribution is 8.00. The molecule has 1 aliphatic carbocycles. The van der Waals surface area contributed by atoms with Gasteiger partial charge in [-0.05, 0) is 37.3 Å². The third-order valence-corrected chi connectivity index (χ3v) is 5.06. The summed E-state index contributed by atoms with van der Waals surface area (Å²) in [7, 11) is 0. The molecule has 1 aliphatic rings. The summed E-state index contributed by atoms with van der Waals surface area (Å²) >= 11 is 3.38. The van der Waals surface area contributed by atoms with Gasteiger partial charge in [-0.2, -0.15) is 4.37 Å². The molecule has 0 aromatic carbocycles. The van der Waals surface area contributed by atoms with Crippen LogP contribution in [0.5, 0.6) is 0 Å². The highest BCUT2D eigenvalue weighted by Crippen LogP contribution is 2.21. The lowest BCUT2D eigenvalue weighted by molar-refractivity contribution is 0.525. The molecular weight excluding hydrogens is 250 g/mol. The number of hydrogen-bond acceptors (Lipinski definition) is 5. The van der Waals surface area contributed by atoms with Crippen molar-refractivity contribution < 1.29 is 0 Å². The smallest absolute Gasteiger partial charge is 0.170 e. The van der Waals surface area contributed by atoms with Crippen molar-refractivity contribution in [3.63, 3.8) is 0 Å². The van der Waals surface area contributed by atoms with Crippen molar-refractivity contribution in [1.82, 2.24) is 14.7 Å². The Balaban J connectivity index is 1.53. The predicted molar refractivity (Wildman–Crippen MR) is 74.9 cm³/mol. The molecule has 96 valence electrons. The second-order valence-electron chi connectivity index (χ2n) is 4.47. The van der Waals surface area contributed by atoms with Crippen LogP contribution in [0.2, 0.25) is 0 Å². The van der Waals surface area contributed by atoms with Crippen LogP contribution >= 0.6 is 23.3 Å². The molecular formula is C12H21N3S2. The van der Waals surface area contributed by atoms with E-state index in [0.29, 0.717) is 0 Å². The molecule has 2 rings (SSSR count). The summed E-state index contributed by atoms with van der Waals surface area (Å²) < 4.78 is 5.42. The molecule has 0 bridgehead atoms. The minimum atomic E-state index is 0.799. The third kappa shape index (κ3) is 4.56. The number of hydrogen-bond donors (Lipinski definition) is 1. The normalized spacial score (nSPS) is 16.8. The lowest BCUT2D eigenvalue weighted by Gasteiger charge is -2.10. The molecule has 5 heteroatoms. The molecule has 3 nitrogen and oxygen atoms in total. The largest absolute Gasteiger partial charge is 0.314 e. The van der Waals surface area contributed by atoms with Gasteiger partial charge < -0.3 is 5.32 Å². The first-order valence-corrected chi connectivity index (χ1v) is 8.33. The fraction of sp³-hybridized carbons (Fsp3) is 0.833. The van der Waals surface area contributed by atoms with Gasteiger partial charge in [-0.25, -0.2) is 4.98 Å². The molecule has 0 radical (unpaired) electrons. The minimum Gasteiger partial charge on any atom is -0.314 e. The Morgan fingerprint density at radius 2 is 2.24 bits per heavy atom. The van der Waals surface area contributed by atoms with Crippen LogP contribution in [0.1, 0.15) is 44.9 Å². The minimum absolute atomic E-state index is 0.799. The molecule has 1 saturated carbocycles. The van der Waals surface area contributed by atoms with Crippen LogP contribution in [0.4, 0.5) is 0 Å². The van der Waals surface area contributed by atoms with E-state index in [-0.39, 0.29) is 0 Å². The van der Waals surface area contributed by atoms with Gasteiger partial charge in [0, 0.05) is 18.2 Å². The zero-order chi connectivity index (χ0) is 11.9. The van der Waals surface area contributed by atoms with Gasteiger partial charge in [-0.15, -0.1) is 0 Å². The van der Waals surface area contributed by atoms with Crippen LogP contribution in [0.25, 0.3) is 0 Å². The van der Waals surface area contributed by atoms with Gasteiger partial charge in [-0.3, -0.25) is 0 Å². The Morgan fingerprint density at radius 3 is 2.94 bits per heavy atom. The monoisotopic (exact) mass is 271 g/mol. The third-order valence-electron chi connectivity index (χ3n) is 3.10. The summed E-state index contributed by atoms with van der Waals surface area (Å²) in [5, 5.41) is 3.64. The maximum Gasteiger partial charge on any atom is 0.170 e. The maximum atomic E-state index is 4.45. The van der Waals surface area contributed by atoms with E-state index in [2.05, 4.69) is 21.6 Å². The van der Waals surface area contributed by atoms with Crippen molar-refractivity contribution >= 4 is 23.3 Å². The summed E-state index contributed by atoms with van der Waals surface area (Å²) in [6.07, 6.45) is 7.75. The number of aryl methyl sites for hydroxylation is 1. The van der Waals surface area contributed by atoms with Crippen molar-refractivity contribution in [2.75, 3.05) is 12.3 Å². The van der Waals surface area contributed by atoms with E-state index in [1.165, 1.54) is 43.6 Å². The Labute approximate surface area is 112 Å². The molecule has 1 N–H and O–H groups in total. The van der Waals surface area contributed by atoms with Crippen LogP contribution in [0.3, 0.4) is 0 Å². The van der Waals surface area contributed by atoms with Crippen LogP contribution in [0.15, 0.2) is 4.34 Å². The zero-order valence-electron chi connectivity index (χ0n) is 10.4. The highest BCUT2D eigenvalue weighted by Gasteiger charge is 2.13. The SMILES string of the molecule is CCc1nsc(SCCCNC2CCCC2)n1. The van der Waals surface area contributed by atoms with Crippen molar-refractivity contribution in [3.05, 3.63) is 5.82 Å². The van der Waals surface area contributed by atoms with E-state index < -0.39 is 0 Å². The molecule has 0 saturated heterocycles. The first-order valence-electron chi connectivity index (χ1n) is 6.57. The van der Waals surface area contributed by atoms with Crippen LogP contribution in [-0.4, -0.2) is 27.7 Å². The van der Waals surface area contributed by atoms with Crippen molar-refractivity contribution in [2.24, 2.45) is 0 Å². The maximum absolute atomic E-state index is 4.45. The van der Waals surface area contributed by atoms with E-state index in [4.69, 9.17) is 0 Å². The second kappa shape index (κ2) is 7.34. The molecule has 17 heavy (non-hydrogen) atoms. The molecule has 0 aliphatic heterocycles. The molecule has 1 fully saturated rings. The quantitative estimate of drug-likeness (QED) is 0.611.